The van der Waals surface area contributed by atoms with Crippen LogP contribution < -0.4 is 0 Å². The first-order valence-corrected chi connectivity index (χ1v) is 13.9. The number of halogens is 3. The van der Waals surface area contributed by atoms with E-state index in [1.165, 1.54) is 49.6 Å². The maximum atomic E-state index is 13.1. The lowest BCUT2D eigenvalue weighted by molar-refractivity contribution is -0.182. The molecule has 3 heterocycles. The molecule has 0 radical (unpaired) electrons. The lowest BCUT2D eigenvalue weighted by Crippen LogP contribution is -2.41. The summed E-state index contributed by atoms with van der Waals surface area (Å²) in [6.45, 7) is 6.98. The van der Waals surface area contributed by atoms with E-state index in [-0.39, 0.29) is 18.8 Å². The second-order valence-corrected chi connectivity index (χ2v) is 12.8. The Labute approximate surface area is 193 Å². The molecular formula is C25H36F3N3S. The molecule has 2 unspecified atom stereocenters. The molecule has 1 aromatic heterocycles. The van der Waals surface area contributed by atoms with Crippen molar-refractivity contribution in [1.29, 1.82) is 0 Å². The summed E-state index contributed by atoms with van der Waals surface area (Å²) in [5.41, 5.74) is 3.07. The Balaban J connectivity index is 1.11. The van der Waals surface area contributed by atoms with Gasteiger partial charge < -0.3 is 0 Å². The highest BCUT2D eigenvalue weighted by Crippen LogP contribution is 2.65. The molecule has 1 spiro atoms. The molecule has 7 heteroatoms. The molecule has 3 nitrogen and oxygen atoms in total. The second kappa shape index (κ2) is 7.66. The van der Waals surface area contributed by atoms with Crippen molar-refractivity contribution in [2.24, 2.45) is 23.2 Å². The average molecular weight is 468 g/mol. The van der Waals surface area contributed by atoms with Gasteiger partial charge in [0.2, 0.25) is 0 Å². The minimum atomic E-state index is -4.04. The molecule has 6 rings (SSSR count). The van der Waals surface area contributed by atoms with Crippen molar-refractivity contribution in [2.75, 3.05) is 24.6 Å². The highest BCUT2D eigenvalue weighted by atomic mass is 32.2. The number of likely N-dealkylation sites (tertiary alicyclic amines) is 1. The fourth-order valence-corrected chi connectivity index (χ4v) is 8.72. The van der Waals surface area contributed by atoms with E-state index in [1.54, 1.807) is 0 Å². The van der Waals surface area contributed by atoms with E-state index in [1.807, 2.05) is 0 Å². The summed E-state index contributed by atoms with van der Waals surface area (Å²) >= 11 is 2.11. The van der Waals surface area contributed by atoms with Crippen molar-refractivity contribution in [3.05, 3.63) is 17.5 Å². The predicted octanol–water partition coefficient (Wildman–Crippen LogP) is 6.23. The Morgan fingerprint density at radius 2 is 1.78 bits per heavy atom. The van der Waals surface area contributed by atoms with E-state index in [9.17, 15) is 13.2 Å². The second-order valence-electron chi connectivity index (χ2n) is 11.8. The highest BCUT2D eigenvalue weighted by molar-refractivity contribution is 8.00. The molecule has 3 aliphatic carbocycles. The quantitative estimate of drug-likeness (QED) is 0.524. The predicted molar refractivity (Wildman–Crippen MR) is 122 cm³/mol. The van der Waals surface area contributed by atoms with Crippen LogP contribution in [0.2, 0.25) is 0 Å². The Hall–Kier alpha value is -0.690. The Morgan fingerprint density at radius 3 is 2.31 bits per heavy atom. The van der Waals surface area contributed by atoms with E-state index in [2.05, 4.69) is 41.3 Å². The minimum absolute atomic E-state index is 0.194. The molecule has 0 N–H and O–H groups in total. The largest absolute Gasteiger partial charge is 0.391 e. The normalized spacial score (nSPS) is 38.9. The third kappa shape index (κ3) is 3.64. The van der Waals surface area contributed by atoms with Crippen molar-refractivity contribution >= 4 is 11.8 Å². The van der Waals surface area contributed by atoms with Crippen LogP contribution in [0, 0.1) is 23.2 Å². The molecule has 1 aromatic rings. The number of nitrogens with zero attached hydrogens (tertiary/aromatic N) is 3. The lowest BCUT2D eigenvalue weighted by atomic mass is 9.80. The van der Waals surface area contributed by atoms with Gasteiger partial charge in [0, 0.05) is 53.1 Å². The summed E-state index contributed by atoms with van der Waals surface area (Å²) in [6, 6.07) is 3.36. The Morgan fingerprint density at radius 1 is 1.09 bits per heavy atom. The van der Waals surface area contributed by atoms with Gasteiger partial charge in [0.15, 0.2) is 0 Å². The van der Waals surface area contributed by atoms with Gasteiger partial charge in [0.1, 0.15) is 0 Å². The number of fused-ring (bicyclic) bond motifs is 1. The third-order valence-corrected chi connectivity index (χ3v) is 11.1. The van der Waals surface area contributed by atoms with Gasteiger partial charge in [-0.15, -0.1) is 0 Å². The summed E-state index contributed by atoms with van der Waals surface area (Å²) in [4.78, 5) is 2.80. The van der Waals surface area contributed by atoms with Gasteiger partial charge in [0.05, 0.1) is 11.6 Å². The molecule has 32 heavy (non-hydrogen) atoms. The van der Waals surface area contributed by atoms with Crippen LogP contribution in [0.5, 0.6) is 0 Å². The molecular weight excluding hydrogens is 431 g/mol. The van der Waals surface area contributed by atoms with Crippen molar-refractivity contribution in [3.63, 3.8) is 0 Å². The smallest absolute Gasteiger partial charge is 0.300 e. The van der Waals surface area contributed by atoms with Gasteiger partial charge in [-0.3, -0.25) is 9.58 Å². The average Bonchev–Trinajstić information content (AvgIpc) is 3.20. The monoisotopic (exact) mass is 467 g/mol. The SMILES string of the molecule is CC(C)n1nc(C2CCC(C(F)(F)F)CC2)cc1C1C2CC(N3CCC4(CSC4)C3)CC21. The van der Waals surface area contributed by atoms with Gasteiger partial charge in [-0.05, 0) is 83.2 Å². The van der Waals surface area contributed by atoms with Crippen molar-refractivity contribution in [2.45, 2.75) is 88.9 Å². The van der Waals surface area contributed by atoms with E-state index >= 15 is 0 Å². The number of thioether (sulfide) groups is 1. The number of aromatic nitrogens is 2. The molecule has 5 fully saturated rings. The number of rotatable bonds is 4. The van der Waals surface area contributed by atoms with Crippen molar-refractivity contribution in [3.8, 4) is 0 Å². The minimum Gasteiger partial charge on any atom is -0.300 e. The first kappa shape index (κ1) is 21.8. The van der Waals surface area contributed by atoms with Crippen LogP contribution in [0.3, 0.4) is 0 Å². The fraction of sp³-hybridized carbons (Fsp3) is 0.880. The van der Waals surface area contributed by atoms with Gasteiger partial charge in [-0.1, -0.05) is 0 Å². The summed E-state index contributed by atoms with van der Waals surface area (Å²) in [5, 5.41) is 4.97. The van der Waals surface area contributed by atoms with Crippen LogP contribution in [0.1, 0.15) is 88.1 Å². The molecule has 178 valence electrons. The van der Waals surface area contributed by atoms with Gasteiger partial charge in [-0.2, -0.15) is 30.0 Å². The molecule has 2 atom stereocenters. The van der Waals surface area contributed by atoms with E-state index in [0.717, 1.165) is 23.6 Å². The summed E-state index contributed by atoms with van der Waals surface area (Å²) in [5.74, 6) is 4.01. The molecule has 0 bridgehead atoms. The summed E-state index contributed by atoms with van der Waals surface area (Å²) in [6.07, 6.45) is 1.76. The van der Waals surface area contributed by atoms with E-state index < -0.39 is 12.1 Å². The highest BCUT2D eigenvalue weighted by Gasteiger charge is 2.60. The van der Waals surface area contributed by atoms with E-state index in [4.69, 9.17) is 5.10 Å². The number of hydrogen-bond donors (Lipinski definition) is 0. The molecule has 0 aromatic carbocycles. The zero-order valence-electron chi connectivity index (χ0n) is 19.3. The maximum absolute atomic E-state index is 13.1. The van der Waals surface area contributed by atoms with Crippen LogP contribution in [-0.4, -0.2) is 51.5 Å². The van der Waals surface area contributed by atoms with Crippen LogP contribution in [0.4, 0.5) is 13.2 Å². The van der Waals surface area contributed by atoms with Gasteiger partial charge >= 0.3 is 6.18 Å². The van der Waals surface area contributed by atoms with Crippen molar-refractivity contribution < 1.29 is 13.2 Å². The van der Waals surface area contributed by atoms with Gasteiger partial charge in [0.25, 0.3) is 0 Å². The summed E-state index contributed by atoms with van der Waals surface area (Å²) in [7, 11) is 0. The molecule has 2 aliphatic heterocycles. The van der Waals surface area contributed by atoms with E-state index in [0.29, 0.717) is 30.2 Å². The zero-order valence-corrected chi connectivity index (χ0v) is 20.1. The molecule has 0 amide bonds. The number of alkyl halides is 3. The fourth-order valence-electron chi connectivity index (χ4n) is 7.46. The summed E-state index contributed by atoms with van der Waals surface area (Å²) < 4.78 is 41.4. The molecule has 5 aliphatic rings. The standard InChI is InChI=1S/C25H36F3N3S/c1-15(2)31-22(11-21(29-31)16-3-5-17(6-4-16)25(26,27)28)23-19-9-18(10-20(19)23)30-8-7-24(12-30)13-32-14-24/h11,15-20,23H,3-10,12-14H2,1-2H3. The molecule has 2 saturated heterocycles. The Bertz CT molecular complexity index is 841. The first-order valence-electron chi connectivity index (χ1n) is 12.7. The third-order valence-electron chi connectivity index (χ3n) is 9.44. The van der Waals surface area contributed by atoms with Crippen LogP contribution in [0.25, 0.3) is 0 Å². The zero-order chi connectivity index (χ0) is 22.3. The Kier molecular flexibility index (Phi) is 5.22. The van der Waals surface area contributed by atoms with Crippen molar-refractivity contribution in [1.82, 2.24) is 14.7 Å². The topological polar surface area (TPSA) is 21.1 Å². The van der Waals surface area contributed by atoms with Crippen LogP contribution >= 0.6 is 11.8 Å². The van der Waals surface area contributed by atoms with Crippen LogP contribution in [-0.2, 0) is 0 Å². The first-order chi connectivity index (χ1) is 15.2. The lowest BCUT2D eigenvalue weighted by Gasteiger charge is -2.38. The van der Waals surface area contributed by atoms with Gasteiger partial charge in [-0.25, -0.2) is 0 Å². The molecule has 3 saturated carbocycles. The van der Waals surface area contributed by atoms with Crippen LogP contribution in [0.15, 0.2) is 6.07 Å². The maximum Gasteiger partial charge on any atom is 0.391 e. The number of hydrogen-bond acceptors (Lipinski definition) is 3.